The third-order valence-corrected chi connectivity index (χ3v) is 3.40. The first-order valence-electron chi connectivity index (χ1n) is 6.73. The molecule has 15 heavy (non-hydrogen) atoms. The van der Waals surface area contributed by atoms with Crippen molar-refractivity contribution in [3.63, 3.8) is 0 Å². The third-order valence-electron chi connectivity index (χ3n) is 3.40. The molecular weight excluding hydrogens is 180 g/mol. The Hall–Kier alpha value is -0.520. The molecule has 0 aromatic carbocycles. The van der Waals surface area contributed by atoms with Gasteiger partial charge in [0.1, 0.15) is 0 Å². The molecule has 86 valence electrons. The largest absolute Gasteiger partial charge is 0.0770 e. The molecule has 1 aliphatic rings. The van der Waals surface area contributed by atoms with Crippen LogP contribution in [0.5, 0.6) is 0 Å². The summed E-state index contributed by atoms with van der Waals surface area (Å²) >= 11 is 0. The van der Waals surface area contributed by atoms with Gasteiger partial charge >= 0.3 is 0 Å². The van der Waals surface area contributed by atoms with E-state index in [2.05, 4.69) is 26.8 Å². The van der Waals surface area contributed by atoms with Crippen LogP contribution in [0, 0.1) is 0 Å². The highest BCUT2D eigenvalue weighted by atomic mass is 14.2. The summed E-state index contributed by atoms with van der Waals surface area (Å²) in [5.41, 5.74) is 5.13. The van der Waals surface area contributed by atoms with Crippen molar-refractivity contribution in [1.29, 1.82) is 0 Å². The smallest absolute Gasteiger partial charge is 0.0127 e. The van der Waals surface area contributed by atoms with Gasteiger partial charge in [-0.15, -0.1) is 0 Å². The van der Waals surface area contributed by atoms with E-state index < -0.39 is 0 Å². The zero-order valence-electron chi connectivity index (χ0n) is 10.7. The van der Waals surface area contributed by atoms with Gasteiger partial charge in [-0.05, 0) is 49.7 Å². The number of hydrogen-bond acceptors (Lipinski definition) is 0. The van der Waals surface area contributed by atoms with Gasteiger partial charge in [0.2, 0.25) is 0 Å². The summed E-state index contributed by atoms with van der Waals surface area (Å²) in [4.78, 5) is 0. The number of unbranched alkanes of at least 4 members (excludes halogenated alkanes) is 2. The normalized spacial score (nSPS) is 16.1. The van der Waals surface area contributed by atoms with Crippen molar-refractivity contribution < 1.29 is 0 Å². The molecule has 0 aromatic rings. The second-order valence-electron chi connectivity index (χ2n) is 4.58. The molecule has 0 bridgehead atoms. The van der Waals surface area contributed by atoms with Crippen LogP contribution in [0.3, 0.4) is 0 Å². The van der Waals surface area contributed by atoms with Gasteiger partial charge in [-0.3, -0.25) is 0 Å². The number of hydrogen-bond donors (Lipinski definition) is 0. The van der Waals surface area contributed by atoms with Crippen LogP contribution in [0.2, 0.25) is 0 Å². The van der Waals surface area contributed by atoms with Gasteiger partial charge in [-0.1, -0.05) is 45.3 Å². The summed E-state index contributed by atoms with van der Waals surface area (Å²) in [5, 5.41) is 0. The van der Waals surface area contributed by atoms with Crippen LogP contribution in [0.15, 0.2) is 22.8 Å². The summed E-state index contributed by atoms with van der Waals surface area (Å²) < 4.78 is 0. The molecule has 0 atom stereocenters. The standard InChI is InChI=1S/C15H26/c1-4-7-9-14-12-11-13(6-3)15(14)10-8-5-2/h11H,4-10,12H2,1-3H3. The van der Waals surface area contributed by atoms with Crippen LogP contribution < -0.4 is 0 Å². The Bertz CT molecular complexity index is 243. The van der Waals surface area contributed by atoms with Crippen LogP contribution in [0.25, 0.3) is 0 Å². The van der Waals surface area contributed by atoms with E-state index in [1.807, 2.05) is 0 Å². The maximum atomic E-state index is 2.47. The van der Waals surface area contributed by atoms with Gasteiger partial charge < -0.3 is 0 Å². The summed E-state index contributed by atoms with van der Waals surface area (Å²) in [6.45, 7) is 6.87. The number of allylic oxidation sites excluding steroid dienone is 4. The van der Waals surface area contributed by atoms with E-state index in [0.29, 0.717) is 0 Å². The summed E-state index contributed by atoms with van der Waals surface area (Å²) in [5.74, 6) is 0. The fourth-order valence-corrected chi connectivity index (χ4v) is 2.41. The fourth-order valence-electron chi connectivity index (χ4n) is 2.41. The second-order valence-corrected chi connectivity index (χ2v) is 4.58. The van der Waals surface area contributed by atoms with Gasteiger partial charge in [0.15, 0.2) is 0 Å². The van der Waals surface area contributed by atoms with E-state index in [4.69, 9.17) is 0 Å². The molecule has 0 aromatic heterocycles. The summed E-state index contributed by atoms with van der Waals surface area (Å²) in [6, 6.07) is 0. The summed E-state index contributed by atoms with van der Waals surface area (Å²) in [6.07, 6.45) is 13.0. The average Bonchev–Trinajstić information content (AvgIpc) is 2.65. The second kappa shape index (κ2) is 6.87. The highest BCUT2D eigenvalue weighted by molar-refractivity contribution is 5.42. The zero-order valence-corrected chi connectivity index (χ0v) is 10.7. The molecule has 0 saturated heterocycles. The van der Waals surface area contributed by atoms with Crippen LogP contribution in [-0.2, 0) is 0 Å². The zero-order chi connectivity index (χ0) is 11.1. The lowest BCUT2D eigenvalue weighted by Crippen LogP contribution is -1.90. The number of rotatable bonds is 7. The van der Waals surface area contributed by atoms with E-state index in [0.717, 1.165) is 0 Å². The molecule has 0 heteroatoms. The van der Waals surface area contributed by atoms with E-state index in [1.54, 1.807) is 16.7 Å². The van der Waals surface area contributed by atoms with Gasteiger partial charge in [0.25, 0.3) is 0 Å². The van der Waals surface area contributed by atoms with Crippen molar-refractivity contribution in [2.45, 2.75) is 72.1 Å². The Morgan fingerprint density at radius 1 is 1.00 bits per heavy atom. The van der Waals surface area contributed by atoms with E-state index in [9.17, 15) is 0 Å². The molecule has 0 heterocycles. The van der Waals surface area contributed by atoms with Crippen LogP contribution in [0.4, 0.5) is 0 Å². The Balaban J connectivity index is 2.61. The van der Waals surface area contributed by atoms with Gasteiger partial charge in [-0.2, -0.15) is 0 Å². The van der Waals surface area contributed by atoms with Crippen LogP contribution >= 0.6 is 0 Å². The maximum Gasteiger partial charge on any atom is -0.0127 e. The van der Waals surface area contributed by atoms with E-state index in [-0.39, 0.29) is 0 Å². The lowest BCUT2D eigenvalue weighted by Gasteiger charge is -2.10. The predicted octanol–water partition coefficient (Wildman–Crippen LogP) is 5.40. The van der Waals surface area contributed by atoms with Crippen LogP contribution in [0.1, 0.15) is 72.1 Å². The lowest BCUT2D eigenvalue weighted by molar-refractivity contribution is 0.746. The molecule has 1 aliphatic carbocycles. The van der Waals surface area contributed by atoms with Crippen molar-refractivity contribution in [3.8, 4) is 0 Å². The SMILES string of the molecule is CCCCC1=C(CCCC)C(CC)=CC1. The van der Waals surface area contributed by atoms with E-state index in [1.165, 1.54) is 51.4 Å². The molecule has 0 N–H and O–H groups in total. The van der Waals surface area contributed by atoms with Crippen molar-refractivity contribution in [2.24, 2.45) is 0 Å². The molecule has 0 amide bonds. The minimum absolute atomic E-state index is 1.23. The lowest BCUT2D eigenvalue weighted by atomic mass is 9.96. The highest BCUT2D eigenvalue weighted by Gasteiger charge is 2.14. The Kier molecular flexibility index (Phi) is 5.75. The molecule has 0 nitrogen and oxygen atoms in total. The summed E-state index contributed by atoms with van der Waals surface area (Å²) in [7, 11) is 0. The molecule has 0 fully saturated rings. The minimum atomic E-state index is 1.23. The average molecular weight is 206 g/mol. The molecule has 0 aliphatic heterocycles. The van der Waals surface area contributed by atoms with Crippen molar-refractivity contribution in [1.82, 2.24) is 0 Å². The predicted molar refractivity (Wildman–Crippen MR) is 69.1 cm³/mol. The van der Waals surface area contributed by atoms with Crippen molar-refractivity contribution in [2.75, 3.05) is 0 Å². The Morgan fingerprint density at radius 2 is 1.67 bits per heavy atom. The monoisotopic (exact) mass is 206 g/mol. The molecular formula is C15H26. The Labute approximate surface area is 95.5 Å². The maximum absolute atomic E-state index is 2.47. The molecule has 0 unspecified atom stereocenters. The first-order valence-corrected chi connectivity index (χ1v) is 6.73. The molecule has 0 spiro atoms. The topological polar surface area (TPSA) is 0 Å². The van der Waals surface area contributed by atoms with Gasteiger partial charge in [0, 0.05) is 0 Å². The van der Waals surface area contributed by atoms with Gasteiger partial charge in [0.05, 0.1) is 0 Å². The highest BCUT2D eigenvalue weighted by Crippen LogP contribution is 2.34. The third kappa shape index (κ3) is 3.52. The first kappa shape index (κ1) is 12.5. The Morgan fingerprint density at radius 3 is 2.27 bits per heavy atom. The van der Waals surface area contributed by atoms with Crippen molar-refractivity contribution >= 4 is 0 Å². The minimum Gasteiger partial charge on any atom is -0.0770 e. The van der Waals surface area contributed by atoms with Crippen molar-refractivity contribution in [3.05, 3.63) is 22.8 Å². The first-order chi connectivity index (χ1) is 7.33. The molecule has 1 rings (SSSR count). The van der Waals surface area contributed by atoms with E-state index >= 15 is 0 Å². The fraction of sp³-hybridized carbons (Fsp3) is 0.733. The quantitative estimate of drug-likeness (QED) is 0.523. The molecule has 0 radical (unpaired) electrons. The van der Waals surface area contributed by atoms with Crippen LogP contribution in [-0.4, -0.2) is 0 Å². The molecule has 0 saturated carbocycles. The van der Waals surface area contributed by atoms with Gasteiger partial charge in [-0.25, -0.2) is 0 Å².